The molecule has 6 nitrogen and oxygen atoms in total. The van der Waals surface area contributed by atoms with Gasteiger partial charge in [0.05, 0.1) is 17.6 Å². The van der Waals surface area contributed by atoms with E-state index >= 15 is 0 Å². The minimum Gasteiger partial charge on any atom is -0.384 e. The fraction of sp³-hybridized carbons (Fsp3) is 0.538. The maximum absolute atomic E-state index is 13.7. The lowest BCUT2D eigenvalue weighted by Gasteiger charge is -2.42. The first-order valence-corrected chi connectivity index (χ1v) is 14.7. The Labute approximate surface area is 219 Å². The number of aryl methyl sites for hydroxylation is 2. The Morgan fingerprint density at radius 1 is 1.17 bits per heavy atom. The minimum absolute atomic E-state index is 0.0936. The number of thiophene rings is 1. The van der Waals surface area contributed by atoms with Gasteiger partial charge in [0.2, 0.25) is 5.13 Å². The zero-order valence-corrected chi connectivity index (χ0v) is 23.1. The molecule has 9 heteroatoms. The second-order valence-corrected chi connectivity index (χ2v) is 14.5. The van der Waals surface area contributed by atoms with E-state index in [1.54, 1.807) is 23.1 Å². The number of aromatic nitrogens is 2. The van der Waals surface area contributed by atoms with Gasteiger partial charge in [-0.05, 0) is 50.2 Å². The molecule has 0 spiro atoms. The fourth-order valence-electron chi connectivity index (χ4n) is 5.64. The maximum atomic E-state index is 13.7. The summed E-state index contributed by atoms with van der Waals surface area (Å²) in [7, 11) is 0. The van der Waals surface area contributed by atoms with E-state index in [4.69, 9.17) is 5.73 Å². The summed E-state index contributed by atoms with van der Waals surface area (Å²) in [5.41, 5.74) is 9.57. The number of nitriles is 1. The molecule has 1 unspecified atom stereocenters. The summed E-state index contributed by atoms with van der Waals surface area (Å²) in [5, 5.41) is 20.5. The molecule has 2 aromatic rings. The maximum Gasteiger partial charge on any atom is 0.219 e. The average molecular weight is 526 g/mol. The van der Waals surface area contributed by atoms with E-state index in [1.807, 2.05) is 4.90 Å². The Bertz CT molecular complexity index is 1270. The van der Waals surface area contributed by atoms with Gasteiger partial charge in [0.15, 0.2) is 10.1 Å². The molecule has 0 bridgehead atoms. The zero-order chi connectivity index (χ0) is 24.9. The number of nitrogens with zero attached hydrogens (tertiary/aromatic N) is 4. The third kappa shape index (κ3) is 4.56. The number of hydrogen-bond donors (Lipinski definition) is 1. The molecule has 2 N–H and O–H groups in total. The molecule has 1 aliphatic heterocycles. The van der Waals surface area contributed by atoms with Gasteiger partial charge in [0.1, 0.15) is 5.82 Å². The number of ketones is 1. The van der Waals surface area contributed by atoms with Crippen LogP contribution in [0.3, 0.4) is 0 Å². The van der Waals surface area contributed by atoms with E-state index in [2.05, 4.69) is 50.0 Å². The number of thioether (sulfide) groups is 1. The molecule has 0 amide bonds. The molecular formula is C26H31N5OS3. The molecule has 0 saturated heterocycles. The van der Waals surface area contributed by atoms with E-state index in [1.165, 1.54) is 43.4 Å². The third-order valence-corrected chi connectivity index (χ3v) is 10.5. The molecule has 3 heterocycles. The summed E-state index contributed by atoms with van der Waals surface area (Å²) in [6.45, 7) is 8.35. The number of nitrogens with two attached hydrogens (primary N) is 1. The molecule has 1 fully saturated rings. The van der Waals surface area contributed by atoms with E-state index in [-0.39, 0.29) is 11.2 Å². The standard InChI is InChI=1S/C26H31N5OS3/c1-14-10-17(15(2)33-14)21-18(13-27)23(28)31(19-11-26(3,4)12-20(32)22(19)21)24-29-30-25(35-24)34-16-8-6-5-7-9-16/h10,16,21H,5-9,11-12,28H2,1-4H3. The highest BCUT2D eigenvalue weighted by atomic mass is 32.2. The lowest BCUT2D eigenvalue weighted by atomic mass is 9.68. The summed E-state index contributed by atoms with van der Waals surface area (Å²) in [5.74, 6) is 0.0373. The summed E-state index contributed by atoms with van der Waals surface area (Å²) >= 11 is 5.00. The Hall–Kier alpha value is -2.15. The number of rotatable bonds is 4. The van der Waals surface area contributed by atoms with Crippen molar-refractivity contribution in [2.24, 2.45) is 11.1 Å². The van der Waals surface area contributed by atoms with Crippen LogP contribution in [0, 0.1) is 30.6 Å². The molecule has 1 saturated carbocycles. The first-order valence-electron chi connectivity index (χ1n) is 12.2. The van der Waals surface area contributed by atoms with Gasteiger partial charge in [-0.2, -0.15) is 5.26 Å². The summed E-state index contributed by atoms with van der Waals surface area (Å²) < 4.78 is 0.924. The van der Waals surface area contributed by atoms with Gasteiger partial charge in [-0.1, -0.05) is 56.2 Å². The van der Waals surface area contributed by atoms with Crippen molar-refractivity contribution in [1.29, 1.82) is 5.26 Å². The highest BCUT2D eigenvalue weighted by molar-refractivity contribution is 8.01. The van der Waals surface area contributed by atoms with Gasteiger partial charge in [0, 0.05) is 32.7 Å². The fourth-order valence-corrected chi connectivity index (χ4v) is 8.99. The van der Waals surface area contributed by atoms with Crippen molar-refractivity contribution in [1.82, 2.24) is 10.2 Å². The Morgan fingerprint density at radius 3 is 2.57 bits per heavy atom. The van der Waals surface area contributed by atoms with Gasteiger partial charge in [-0.15, -0.1) is 21.5 Å². The van der Waals surface area contributed by atoms with Crippen LogP contribution in [0.2, 0.25) is 0 Å². The van der Waals surface area contributed by atoms with Crippen LogP contribution in [0.4, 0.5) is 5.13 Å². The first kappa shape index (κ1) is 24.5. The molecular weight excluding hydrogens is 495 g/mol. The lowest BCUT2D eigenvalue weighted by Crippen LogP contribution is -2.42. The zero-order valence-electron chi connectivity index (χ0n) is 20.7. The quantitative estimate of drug-likeness (QED) is 0.481. The van der Waals surface area contributed by atoms with Crippen LogP contribution in [0.5, 0.6) is 0 Å². The third-order valence-electron chi connectivity index (χ3n) is 7.18. The number of allylic oxidation sites excluding steroid dienone is 3. The molecule has 2 aliphatic carbocycles. The molecule has 3 aliphatic rings. The van der Waals surface area contributed by atoms with Crippen LogP contribution in [0.1, 0.15) is 80.0 Å². The second kappa shape index (κ2) is 9.38. The average Bonchev–Trinajstić information content (AvgIpc) is 3.38. The molecule has 2 aromatic heterocycles. The van der Waals surface area contributed by atoms with Crippen molar-refractivity contribution in [3.63, 3.8) is 0 Å². The Morgan fingerprint density at radius 2 is 1.91 bits per heavy atom. The molecule has 5 rings (SSSR count). The second-order valence-electron chi connectivity index (χ2n) is 10.6. The molecule has 184 valence electrons. The monoisotopic (exact) mass is 525 g/mol. The van der Waals surface area contributed by atoms with E-state index < -0.39 is 5.92 Å². The number of hydrogen-bond acceptors (Lipinski definition) is 9. The van der Waals surface area contributed by atoms with Gasteiger partial charge in [-0.3, -0.25) is 9.69 Å². The van der Waals surface area contributed by atoms with Crippen molar-refractivity contribution < 1.29 is 4.79 Å². The van der Waals surface area contributed by atoms with Crippen molar-refractivity contribution in [2.75, 3.05) is 4.90 Å². The normalized spacial score (nSPS) is 23.0. The lowest BCUT2D eigenvalue weighted by molar-refractivity contribution is -0.118. The minimum atomic E-state index is -0.427. The Balaban J connectivity index is 1.61. The van der Waals surface area contributed by atoms with Gasteiger partial charge < -0.3 is 5.73 Å². The van der Waals surface area contributed by atoms with Crippen LogP contribution < -0.4 is 10.6 Å². The SMILES string of the molecule is Cc1cc(C2C(C#N)=C(N)N(c3nnc(SC4CCCCC4)s3)C3=C2C(=O)CC(C)(C)C3)c(C)s1. The molecule has 0 aromatic carbocycles. The van der Waals surface area contributed by atoms with Crippen LogP contribution in [0.25, 0.3) is 0 Å². The van der Waals surface area contributed by atoms with Gasteiger partial charge in [0.25, 0.3) is 0 Å². The smallest absolute Gasteiger partial charge is 0.219 e. The van der Waals surface area contributed by atoms with E-state index in [0.717, 1.165) is 25.4 Å². The van der Waals surface area contributed by atoms with Crippen molar-refractivity contribution in [3.05, 3.63) is 44.0 Å². The predicted molar refractivity (Wildman–Crippen MR) is 144 cm³/mol. The molecule has 1 atom stereocenters. The summed E-state index contributed by atoms with van der Waals surface area (Å²) in [4.78, 5) is 17.8. The number of carbonyl (C=O) groups is 1. The molecule has 0 radical (unpaired) electrons. The van der Waals surface area contributed by atoms with Crippen molar-refractivity contribution in [2.45, 2.75) is 88.1 Å². The van der Waals surface area contributed by atoms with Gasteiger partial charge >= 0.3 is 0 Å². The van der Waals surface area contributed by atoms with Crippen LogP contribution >= 0.6 is 34.4 Å². The first-order chi connectivity index (χ1) is 16.7. The summed E-state index contributed by atoms with van der Waals surface area (Å²) in [6.07, 6.45) is 7.42. The molecule has 35 heavy (non-hydrogen) atoms. The van der Waals surface area contributed by atoms with Crippen molar-refractivity contribution >= 4 is 45.4 Å². The topological polar surface area (TPSA) is 95.9 Å². The Kier molecular flexibility index (Phi) is 6.58. The highest BCUT2D eigenvalue weighted by Gasteiger charge is 2.46. The van der Waals surface area contributed by atoms with Crippen LogP contribution in [-0.4, -0.2) is 21.2 Å². The van der Waals surface area contributed by atoms with E-state index in [0.29, 0.717) is 40.2 Å². The highest BCUT2D eigenvalue weighted by Crippen LogP contribution is 2.52. The number of Topliss-reactive ketones (excluding diaryl/α,β-unsaturated/α-hetero) is 1. The predicted octanol–water partition coefficient (Wildman–Crippen LogP) is 6.58. The van der Waals surface area contributed by atoms with Crippen LogP contribution in [-0.2, 0) is 4.79 Å². The largest absolute Gasteiger partial charge is 0.384 e. The van der Waals surface area contributed by atoms with E-state index in [9.17, 15) is 10.1 Å². The van der Waals surface area contributed by atoms with Crippen LogP contribution in [0.15, 0.2) is 33.1 Å². The van der Waals surface area contributed by atoms with Crippen molar-refractivity contribution in [3.8, 4) is 6.07 Å². The number of carbonyl (C=O) groups excluding carboxylic acids is 1. The van der Waals surface area contributed by atoms with Gasteiger partial charge in [-0.25, -0.2) is 0 Å². The number of anilines is 1. The summed E-state index contributed by atoms with van der Waals surface area (Å²) in [6, 6.07) is 4.47.